The number of hydrogen-bond donors (Lipinski definition) is 0. The Morgan fingerprint density at radius 3 is 2.62 bits per heavy atom. The Morgan fingerprint density at radius 1 is 1.29 bits per heavy atom. The molecule has 0 aliphatic carbocycles. The summed E-state index contributed by atoms with van der Waals surface area (Å²) in [7, 11) is 0. The molecule has 0 saturated carbocycles. The Labute approximate surface area is 147 Å². The summed E-state index contributed by atoms with van der Waals surface area (Å²) in [5.74, 6) is 0.885. The molecule has 1 aromatic carbocycles. The Hall–Kier alpha value is -1.71. The largest absolute Gasteiger partial charge is 0.489 e. The molecule has 0 spiro atoms. The third-order valence-corrected chi connectivity index (χ3v) is 3.64. The van der Waals surface area contributed by atoms with Crippen LogP contribution >= 0.6 is 0 Å². The molecule has 1 atom stereocenters. The highest BCUT2D eigenvalue weighted by molar-refractivity contribution is 5.68. The zero-order valence-corrected chi connectivity index (χ0v) is 16.1. The van der Waals surface area contributed by atoms with E-state index >= 15 is 0 Å². The smallest absolute Gasteiger partial charge is 0.410 e. The van der Waals surface area contributed by atoms with Gasteiger partial charge in [0.2, 0.25) is 0 Å². The second-order valence-electron chi connectivity index (χ2n) is 6.81. The summed E-state index contributed by atoms with van der Waals surface area (Å²) in [5.41, 5.74) is 0.803. The van der Waals surface area contributed by atoms with Crippen LogP contribution in [-0.2, 0) is 11.2 Å². The van der Waals surface area contributed by atoms with E-state index in [0.29, 0.717) is 6.54 Å². The SMILES string of the molecule is CC.CCc1cccc(OC2CCCN(C(=O)OC(C)(C)C)C2)c1. The molecule has 4 heteroatoms. The number of rotatable bonds is 3. The minimum absolute atomic E-state index is 0.0355. The first-order chi connectivity index (χ1) is 11.4. The number of aryl methyl sites for hydroxylation is 1. The molecule has 1 aromatic rings. The van der Waals surface area contributed by atoms with Gasteiger partial charge in [0, 0.05) is 6.54 Å². The van der Waals surface area contributed by atoms with Crippen molar-refractivity contribution in [1.82, 2.24) is 4.90 Å². The number of likely N-dealkylation sites (tertiary alicyclic amines) is 1. The quantitative estimate of drug-likeness (QED) is 0.775. The highest BCUT2D eigenvalue weighted by Gasteiger charge is 2.28. The molecule has 1 aliphatic rings. The zero-order valence-electron chi connectivity index (χ0n) is 16.1. The van der Waals surface area contributed by atoms with Crippen LogP contribution in [0.5, 0.6) is 5.75 Å². The molecule has 24 heavy (non-hydrogen) atoms. The number of benzene rings is 1. The predicted octanol–water partition coefficient (Wildman–Crippen LogP) is 5.05. The minimum atomic E-state index is -0.458. The number of piperidine rings is 1. The molecule has 4 nitrogen and oxygen atoms in total. The van der Waals surface area contributed by atoms with Crippen LogP contribution in [0.1, 0.15) is 59.9 Å². The zero-order chi connectivity index (χ0) is 18.2. The number of carbonyl (C=O) groups is 1. The Kier molecular flexibility index (Phi) is 8.09. The Bertz CT molecular complexity index is 508. The van der Waals surface area contributed by atoms with Crippen molar-refractivity contribution in [3.63, 3.8) is 0 Å². The van der Waals surface area contributed by atoms with Crippen LogP contribution in [0.25, 0.3) is 0 Å². The second kappa shape index (κ2) is 9.55. The summed E-state index contributed by atoms with van der Waals surface area (Å²) in [4.78, 5) is 13.9. The van der Waals surface area contributed by atoms with E-state index in [1.165, 1.54) is 5.56 Å². The van der Waals surface area contributed by atoms with E-state index in [9.17, 15) is 4.79 Å². The fraction of sp³-hybridized carbons (Fsp3) is 0.650. The lowest BCUT2D eigenvalue weighted by atomic mass is 10.1. The van der Waals surface area contributed by atoms with Crippen molar-refractivity contribution in [2.75, 3.05) is 13.1 Å². The van der Waals surface area contributed by atoms with Gasteiger partial charge < -0.3 is 14.4 Å². The lowest BCUT2D eigenvalue weighted by Gasteiger charge is -2.34. The van der Waals surface area contributed by atoms with Crippen molar-refractivity contribution in [2.45, 2.75) is 72.5 Å². The first kappa shape index (κ1) is 20.3. The van der Waals surface area contributed by atoms with Crippen molar-refractivity contribution in [3.05, 3.63) is 29.8 Å². The van der Waals surface area contributed by atoms with E-state index in [1.807, 2.05) is 46.8 Å². The molecule has 1 aliphatic heterocycles. The van der Waals surface area contributed by atoms with E-state index in [2.05, 4.69) is 19.1 Å². The van der Waals surface area contributed by atoms with Gasteiger partial charge in [0.05, 0.1) is 6.54 Å². The van der Waals surface area contributed by atoms with Gasteiger partial charge >= 0.3 is 6.09 Å². The fourth-order valence-electron chi connectivity index (χ4n) is 2.56. The molecular weight excluding hydrogens is 302 g/mol. The van der Waals surface area contributed by atoms with E-state index in [-0.39, 0.29) is 12.2 Å². The van der Waals surface area contributed by atoms with Crippen molar-refractivity contribution >= 4 is 6.09 Å². The van der Waals surface area contributed by atoms with Gasteiger partial charge in [-0.2, -0.15) is 0 Å². The Morgan fingerprint density at radius 2 is 2.00 bits per heavy atom. The second-order valence-corrected chi connectivity index (χ2v) is 6.81. The van der Waals surface area contributed by atoms with Crippen LogP contribution in [0, 0.1) is 0 Å². The molecule has 136 valence electrons. The average Bonchev–Trinajstić information content (AvgIpc) is 2.55. The normalized spacial score (nSPS) is 17.6. The van der Waals surface area contributed by atoms with E-state index in [1.54, 1.807) is 4.90 Å². The molecule has 1 unspecified atom stereocenters. The van der Waals surface area contributed by atoms with Gasteiger partial charge in [-0.3, -0.25) is 0 Å². The lowest BCUT2D eigenvalue weighted by molar-refractivity contribution is 0.00775. The van der Waals surface area contributed by atoms with Crippen molar-refractivity contribution in [1.29, 1.82) is 0 Å². The van der Waals surface area contributed by atoms with E-state index in [0.717, 1.165) is 31.6 Å². The van der Waals surface area contributed by atoms with Gasteiger partial charge in [-0.15, -0.1) is 0 Å². The van der Waals surface area contributed by atoms with Crippen molar-refractivity contribution in [3.8, 4) is 5.75 Å². The summed E-state index contributed by atoms with van der Waals surface area (Å²) in [5, 5.41) is 0. The molecule has 0 bridgehead atoms. The molecule has 0 N–H and O–H groups in total. The summed E-state index contributed by atoms with van der Waals surface area (Å²) in [6.45, 7) is 13.1. The van der Waals surface area contributed by atoms with E-state index in [4.69, 9.17) is 9.47 Å². The summed E-state index contributed by atoms with van der Waals surface area (Å²) in [6.07, 6.45) is 2.69. The average molecular weight is 335 g/mol. The number of hydrogen-bond acceptors (Lipinski definition) is 3. The maximum atomic E-state index is 12.2. The summed E-state index contributed by atoms with van der Waals surface area (Å²) < 4.78 is 11.5. The first-order valence-corrected chi connectivity index (χ1v) is 9.11. The topological polar surface area (TPSA) is 38.8 Å². The molecular formula is C20H33NO3. The van der Waals surface area contributed by atoms with Gasteiger partial charge in [0.1, 0.15) is 17.5 Å². The maximum absolute atomic E-state index is 12.2. The van der Waals surface area contributed by atoms with Gasteiger partial charge in [0.25, 0.3) is 0 Å². The van der Waals surface area contributed by atoms with Crippen molar-refractivity contribution in [2.24, 2.45) is 0 Å². The predicted molar refractivity (Wildman–Crippen MR) is 98.6 cm³/mol. The van der Waals surface area contributed by atoms with Gasteiger partial charge in [0.15, 0.2) is 0 Å². The molecule has 1 amide bonds. The maximum Gasteiger partial charge on any atom is 0.410 e. The van der Waals surface area contributed by atoms with Crippen LogP contribution < -0.4 is 4.74 Å². The molecule has 2 rings (SSSR count). The third kappa shape index (κ3) is 6.81. The minimum Gasteiger partial charge on any atom is -0.489 e. The van der Waals surface area contributed by atoms with Crippen LogP contribution in [-0.4, -0.2) is 35.8 Å². The molecule has 1 heterocycles. The number of nitrogens with zero attached hydrogens (tertiary/aromatic N) is 1. The number of carbonyl (C=O) groups excluding carboxylic acids is 1. The van der Waals surface area contributed by atoms with Crippen LogP contribution in [0.15, 0.2) is 24.3 Å². The Balaban J connectivity index is 0.00000139. The number of amides is 1. The summed E-state index contributed by atoms with van der Waals surface area (Å²) in [6, 6.07) is 8.17. The van der Waals surface area contributed by atoms with Crippen LogP contribution in [0.3, 0.4) is 0 Å². The molecule has 0 aromatic heterocycles. The van der Waals surface area contributed by atoms with Gasteiger partial charge in [-0.25, -0.2) is 4.79 Å². The molecule has 1 fully saturated rings. The fourth-order valence-corrected chi connectivity index (χ4v) is 2.56. The monoisotopic (exact) mass is 335 g/mol. The standard InChI is InChI=1S/C18H27NO3.C2H6/c1-5-14-8-6-9-15(12-14)21-16-10-7-11-19(13-16)17(20)22-18(2,3)4;1-2/h6,8-9,12,16H,5,7,10-11,13H2,1-4H3;1-2H3. The molecule has 1 saturated heterocycles. The van der Waals surface area contributed by atoms with Gasteiger partial charge in [-0.1, -0.05) is 32.9 Å². The number of ether oxygens (including phenoxy) is 2. The van der Waals surface area contributed by atoms with Crippen LogP contribution in [0.4, 0.5) is 4.79 Å². The van der Waals surface area contributed by atoms with Gasteiger partial charge in [-0.05, 0) is 57.7 Å². The lowest BCUT2D eigenvalue weighted by Crippen LogP contribution is -2.46. The summed E-state index contributed by atoms with van der Waals surface area (Å²) >= 11 is 0. The first-order valence-electron chi connectivity index (χ1n) is 9.11. The van der Waals surface area contributed by atoms with Crippen molar-refractivity contribution < 1.29 is 14.3 Å². The highest BCUT2D eigenvalue weighted by atomic mass is 16.6. The van der Waals surface area contributed by atoms with E-state index < -0.39 is 5.60 Å². The third-order valence-electron chi connectivity index (χ3n) is 3.64. The highest BCUT2D eigenvalue weighted by Crippen LogP contribution is 2.21. The van der Waals surface area contributed by atoms with Crippen LogP contribution in [0.2, 0.25) is 0 Å². The molecule has 0 radical (unpaired) electrons.